The third kappa shape index (κ3) is 2.01. The van der Waals surface area contributed by atoms with E-state index < -0.39 is 0 Å². The predicted octanol–water partition coefficient (Wildman–Crippen LogP) is 1.09. The summed E-state index contributed by atoms with van der Waals surface area (Å²) in [5.41, 5.74) is 5.18. The van der Waals surface area contributed by atoms with E-state index >= 15 is 0 Å². The van der Waals surface area contributed by atoms with Gasteiger partial charge in [-0.2, -0.15) is 5.10 Å². The molecule has 0 aliphatic rings. The van der Waals surface area contributed by atoms with Crippen LogP contribution < -0.4 is 10.9 Å². The lowest BCUT2D eigenvalue weighted by Gasteiger charge is -2.06. The Bertz CT molecular complexity index is 492. The minimum absolute atomic E-state index is 0.176. The smallest absolute Gasteiger partial charge is 0.235 e. The highest BCUT2D eigenvalue weighted by Crippen LogP contribution is 2.18. The molecule has 0 unspecified atom stereocenters. The van der Waals surface area contributed by atoms with Crippen LogP contribution in [-0.4, -0.2) is 16.1 Å². The van der Waals surface area contributed by atoms with Crippen LogP contribution in [0.3, 0.4) is 0 Å². The van der Waals surface area contributed by atoms with Crippen LogP contribution in [0.2, 0.25) is 0 Å². The number of nitrogens with one attached hydrogen (secondary N) is 2. The Morgan fingerprint density at radius 3 is 2.93 bits per heavy atom. The molecule has 0 radical (unpaired) electrons. The average Bonchev–Trinajstić information content (AvgIpc) is 2.26. The summed E-state index contributed by atoms with van der Waals surface area (Å²) in [7, 11) is 0. The number of hydrazine groups is 1. The molecular formula is C10H10N4O. The van der Waals surface area contributed by atoms with Crippen molar-refractivity contribution in [2.24, 2.45) is 0 Å². The molecule has 76 valence electrons. The monoisotopic (exact) mass is 202 g/mol. The molecule has 15 heavy (non-hydrogen) atoms. The van der Waals surface area contributed by atoms with Gasteiger partial charge in [0.25, 0.3) is 0 Å². The molecule has 0 aliphatic heterocycles. The van der Waals surface area contributed by atoms with Crippen molar-refractivity contribution in [3.8, 4) is 0 Å². The van der Waals surface area contributed by atoms with E-state index in [1.165, 1.54) is 6.92 Å². The van der Waals surface area contributed by atoms with Crippen LogP contribution in [-0.2, 0) is 4.79 Å². The van der Waals surface area contributed by atoms with Gasteiger partial charge in [0.15, 0.2) is 5.82 Å². The molecule has 0 saturated carbocycles. The molecule has 1 amide bonds. The van der Waals surface area contributed by atoms with Crippen LogP contribution in [0.25, 0.3) is 10.8 Å². The molecule has 2 aromatic rings. The number of hydrogen-bond donors (Lipinski definition) is 2. The molecule has 1 heterocycles. The van der Waals surface area contributed by atoms with E-state index in [2.05, 4.69) is 21.0 Å². The first kappa shape index (κ1) is 9.39. The van der Waals surface area contributed by atoms with E-state index in [0.717, 1.165) is 10.8 Å². The number of carbonyl (C=O) groups excluding carboxylic acids is 1. The minimum atomic E-state index is -0.176. The van der Waals surface area contributed by atoms with Gasteiger partial charge in [-0.05, 0) is 0 Å². The highest BCUT2D eigenvalue weighted by molar-refractivity contribution is 5.91. The number of fused-ring (bicyclic) bond motifs is 1. The third-order valence-electron chi connectivity index (χ3n) is 1.93. The minimum Gasteiger partial charge on any atom is -0.280 e. The first-order valence-corrected chi connectivity index (χ1v) is 4.50. The fourth-order valence-corrected chi connectivity index (χ4v) is 1.27. The zero-order valence-electron chi connectivity index (χ0n) is 8.19. The first-order chi connectivity index (χ1) is 7.27. The van der Waals surface area contributed by atoms with Crippen molar-refractivity contribution in [3.05, 3.63) is 30.5 Å². The van der Waals surface area contributed by atoms with E-state index in [4.69, 9.17) is 0 Å². The summed E-state index contributed by atoms with van der Waals surface area (Å²) in [6, 6.07) is 7.67. The number of benzene rings is 1. The van der Waals surface area contributed by atoms with Gasteiger partial charge in [0.2, 0.25) is 5.91 Å². The first-order valence-electron chi connectivity index (χ1n) is 4.50. The standard InChI is InChI=1S/C10H10N4O/c1-7(15)12-14-10-9-5-3-2-4-8(9)6-11-13-10/h2-6H,1H3,(H,12,15)(H,13,14). The Morgan fingerprint density at radius 2 is 2.13 bits per heavy atom. The van der Waals surface area contributed by atoms with Crippen LogP contribution in [0, 0.1) is 0 Å². The van der Waals surface area contributed by atoms with Gasteiger partial charge in [0, 0.05) is 17.7 Å². The van der Waals surface area contributed by atoms with E-state index in [-0.39, 0.29) is 5.91 Å². The third-order valence-corrected chi connectivity index (χ3v) is 1.93. The largest absolute Gasteiger partial charge is 0.280 e. The lowest BCUT2D eigenvalue weighted by atomic mass is 10.2. The Hall–Kier alpha value is -2.17. The summed E-state index contributed by atoms with van der Waals surface area (Å²) in [4.78, 5) is 10.7. The molecule has 0 spiro atoms. The normalized spacial score (nSPS) is 9.93. The van der Waals surface area contributed by atoms with Gasteiger partial charge in [-0.15, -0.1) is 5.10 Å². The van der Waals surface area contributed by atoms with Crippen molar-refractivity contribution < 1.29 is 4.79 Å². The van der Waals surface area contributed by atoms with Crippen molar-refractivity contribution in [2.45, 2.75) is 6.92 Å². The zero-order chi connectivity index (χ0) is 10.7. The van der Waals surface area contributed by atoms with Gasteiger partial charge in [-0.3, -0.25) is 15.6 Å². The molecule has 0 aliphatic carbocycles. The summed E-state index contributed by atoms with van der Waals surface area (Å²) in [5, 5.41) is 9.62. The average molecular weight is 202 g/mol. The number of amides is 1. The molecule has 2 rings (SSSR count). The quantitative estimate of drug-likeness (QED) is 0.715. The van der Waals surface area contributed by atoms with Crippen molar-refractivity contribution in [3.63, 3.8) is 0 Å². The van der Waals surface area contributed by atoms with Gasteiger partial charge in [0.05, 0.1) is 6.20 Å². The van der Waals surface area contributed by atoms with Crippen molar-refractivity contribution >= 4 is 22.5 Å². The highest BCUT2D eigenvalue weighted by atomic mass is 16.2. The van der Waals surface area contributed by atoms with Crippen LogP contribution in [0.4, 0.5) is 5.82 Å². The highest BCUT2D eigenvalue weighted by Gasteiger charge is 2.01. The van der Waals surface area contributed by atoms with Gasteiger partial charge in [-0.1, -0.05) is 24.3 Å². The number of nitrogens with zero attached hydrogens (tertiary/aromatic N) is 2. The SMILES string of the molecule is CC(=O)NNc1nncc2ccccc12. The van der Waals surface area contributed by atoms with Crippen molar-refractivity contribution in [2.75, 3.05) is 5.43 Å². The summed E-state index contributed by atoms with van der Waals surface area (Å²) in [5.74, 6) is 0.369. The van der Waals surface area contributed by atoms with E-state index in [9.17, 15) is 4.79 Å². The van der Waals surface area contributed by atoms with Gasteiger partial charge < -0.3 is 0 Å². The molecular weight excluding hydrogens is 192 g/mol. The van der Waals surface area contributed by atoms with Crippen LogP contribution in [0.5, 0.6) is 0 Å². The maximum absolute atomic E-state index is 10.7. The topological polar surface area (TPSA) is 66.9 Å². The Labute approximate surface area is 86.5 Å². The van der Waals surface area contributed by atoms with Crippen LogP contribution >= 0.6 is 0 Å². The van der Waals surface area contributed by atoms with E-state index in [1.54, 1.807) is 6.20 Å². The Morgan fingerprint density at radius 1 is 1.33 bits per heavy atom. The maximum Gasteiger partial charge on any atom is 0.235 e. The lowest BCUT2D eigenvalue weighted by molar-refractivity contribution is -0.118. The molecule has 0 atom stereocenters. The second-order valence-corrected chi connectivity index (χ2v) is 3.09. The molecule has 0 bridgehead atoms. The summed E-state index contributed by atoms with van der Waals surface area (Å²) in [6.45, 7) is 1.42. The zero-order valence-corrected chi connectivity index (χ0v) is 8.19. The maximum atomic E-state index is 10.7. The number of hydrogen-bond acceptors (Lipinski definition) is 4. The number of aromatic nitrogens is 2. The number of anilines is 1. The molecule has 5 nitrogen and oxygen atoms in total. The van der Waals surface area contributed by atoms with E-state index in [1.807, 2.05) is 24.3 Å². The summed E-state index contributed by atoms with van der Waals surface area (Å²) < 4.78 is 0. The fourth-order valence-electron chi connectivity index (χ4n) is 1.27. The van der Waals surface area contributed by atoms with Gasteiger partial charge >= 0.3 is 0 Å². The lowest BCUT2D eigenvalue weighted by Crippen LogP contribution is -2.27. The molecule has 5 heteroatoms. The number of rotatable bonds is 2. The van der Waals surface area contributed by atoms with Crippen LogP contribution in [0.15, 0.2) is 30.5 Å². The van der Waals surface area contributed by atoms with Gasteiger partial charge in [0.1, 0.15) is 0 Å². The molecule has 0 saturated heterocycles. The van der Waals surface area contributed by atoms with Crippen molar-refractivity contribution in [1.82, 2.24) is 15.6 Å². The predicted molar refractivity (Wildman–Crippen MR) is 57.0 cm³/mol. The van der Waals surface area contributed by atoms with E-state index in [0.29, 0.717) is 5.82 Å². The second kappa shape index (κ2) is 3.91. The molecule has 1 aromatic carbocycles. The number of carbonyl (C=O) groups is 1. The van der Waals surface area contributed by atoms with Crippen LogP contribution in [0.1, 0.15) is 6.92 Å². The van der Waals surface area contributed by atoms with Gasteiger partial charge in [-0.25, -0.2) is 0 Å². The second-order valence-electron chi connectivity index (χ2n) is 3.09. The molecule has 2 N–H and O–H groups in total. The summed E-state index contributed by atoms with van der Waals surface area (Å²) in [6.07, 6.45) is 1.67. The van der Waals surface area contributed by atoms with Crippen molar-refractivity contribution in [1.29, 1.82) is 0 Å². The molecule has 1 aromatic heterocycles. The molecule has 0 fully saturated rings. The summed E-state index contributed by atoms with van der Waals surface area (Å²) >= 11 is 0. The fraction of sp³-hybridized carbons (Fsp3) is 0.100. The Balaban J connectivity index is 2.38. The Kier molecular flexibility index (Phi) is 2.45.